The summed E-state index contributed by atoms with van der Waals surface area (Å²) in [5.74, 6) is 3.01. The van der Waals surface area contributed by atoms with Crippen molar-refractivity contribution in [3.8, 4) is 5.75 Å². The fraction of sp³-hybridized carbons (Fsp3) is 0.400. The summed E-state index contributed by atoms with van der Waals surface area (Å²) in [6.45, 7) is 6.69. The molecule has 3 aromatic rings. The van der Waals surface area contributed by atoms with Crippen LogP contribution in [0.25, 0.3) is 5.78 Å². The average molecular weight is 415 g/mol. The van der Waals surface area contributed by atoms with E-state index in [0.717, 1.165) is 36.0 Å². The van der Waals surface area contributed by atoms with Gasteiger partial charge < -0.3 is 14.5 Å². The average Bonchev–Trinajstić information content (AvgIpc) is 3.09. The van der Waals surface area contributed by atoms with E-state index in [-0.39, 0.29) is 5.91 Å². The van der Waals surface area contributed by atoms with Crippen LogP contribution in [0.5, 0.6) is 5.75 Å². The molecule has 0 bridgehead atoms. The molecule has 0 unspecified atom stereocenters. The number of amides is 1. The lowest BCUT2D eigenvalue weighted by atomic mass is 10.1. The Balaban J connectivity index is 1.40. The third-order valence-corrected chi connectivity index (χ3v) is 5.54. The summed E-state index contributed by atoms with van der Waals surface area (Å²) in [5.41, 5.74) is 1.93. The molecule has 152 valence electrons. The summed E-state index contributed by atoms with van der Waals surface area (Å²) < 4.78 is 7.10. The Morgan fingerprint density at radius 3 is 2.59 bits per heavy atom. The third kappa shape index (κ3) is 3.85. The second-order valence-electron chi connectivity index (χ2n) is 7.15. The summed E-state index contributed by atoms with van der Waals surface area (Å²) in [6.07, 6.45) is 0.325. The summed E-state index contributed by atoms with van der Waals surface area (Å²) in [7, 11) is 1.57. The van der Waals surface area contributed by atoms with Crippen LogP contribution >= 0.6 is 11.6 Å². The normalized spacial score (nSPS) is 14.5. The van der Waals surface area contributed by atoms with Gasteiger partial charge in [0.05, 0.1) is 18.6 Å². The first-order chi connectivity index (χ1) is 14.0. The van der Waals surface area contributed by atoms with Crippen molar-refractivity contribution in [3.05, 3.63) is 46.4 Å². The number of methoxy groups -OCH3 is 1. The molecule has 0 atom stereocenters. The lowest BCUT2D eigenvalue weighted by molar-refractivity contribution is -0.130. The number of ether oxygens (including phenoxy) is 1. The maximum absolute atomic E-state index is 12.7. The van der Waals surface area contributed by atoms with E-state index in [1.165, 1.54) is 0 Å². The van der Waals surface area contributed by atoms with Crippen LogP contribution in [-0.2, 0) is 11.2 Å². The minimum Gasteiger partial charge on any atom is -0.495 e. The minimum atomic E-state index is 0.0959. The quantitative estimate of drug-likeness (QED) is 0.652. The van der Waals surface area contributed by atoms with Gasteiger partial charge in [0.15, 0.2) is 0 Å². The van der Waals surface area contributed by atoms with Gasteiger partial charge in [-0.3, -0.25) is 9.20 Å². The Kier molecular flexibility index (Phi) is 5.27. The highest BCUT2D eigenvalue weighted by molar-refractivity contribution is 6.32. The first-order valence-corrected chi connectivity index (χ1v) is 9.88. The molecule has 0 aliphatic carbocycles. The number of fused-ring (bicyclic) bond motifs is 1. The van der Waals surface area contributed by atoms with E-state index in [0.29, 0.717) is 36.1 Å². The summed E-state index contributed by atoms with van der Waals surface area (Å²) in [5, 5.41) is 8.75. The number of carbonyl (C=O) groups excluding carboxylic acids is 1. The van der Waals surface area contributed by atoms with Crippen LogP contribution in [0.4, 0.5) is 5.82 Å². The smallest absolute Gasteiger partial charge is 0.257 e. The van der Waals surface area contributed by atoms with Crippen LogP contribution in [0.2, 0.25) is 5.02 Å². The number of rotatable bonds is 4. The van der Waals surface area contributed by atoms with Crippen molar-refractivity contribution in [2.75, 3.05) is 38.2 Å². The van der Waals surface area contributed by atoms with Crippen molar-refractivity contribution >= 4 is 29.1 Å². The minimum absolute atomic E-state index is 0.0959. The zero-order valence-corrected chi connectivity index (χ0v) is 17.5. The molecule has 1 fully saturated rings. The first kappa shape index (κ1) is 19.4. The van der Waals surface area contributed by atoms with Gasteiger partial charge in [-0.15, -0.1) is 10.2 Å². The maximum atomic E-state index is 12.7. The number of hydrogen-bond acceptors (Lipinski definition) is 6. The van der Waals surface area contributed by atoms with E-state index in [1.807, 2.05) is 35.3 Å². The van der Waals surface area contributed by atoms with Gasteiger partial charge in [0, 0.05) is 37.9 Å². The third-order valence-electron chi connectivity index (χ3n) is 5.24. The molecule has 1 aromatic carbocycles. The second kappa shape index (κ2) is 7.87. The number of halogens is 1. The molecule has 8 nitrogen and oxygen atoms in total. The first-order valence-electron chi connectivity index (χ1n) is 9.51. The van der Waals surface area contributed by atoms with Crippen LogP contribution in [0.1, 0.15) is 17.1 Å². The Bertz CT molecular complexity index is 1060. The van der Waals surface area contributed by atoms with Crippen molar-refractivity contribution in [1.82, 2.24) is 24.5 Å². The fourth-order valence-corrected chi connectivity index (χ4v) is 3.96. The van der Waals surface area contributed by atoms with Gasteiger partial charge in [0.2, 0.25) is 5.91 Å². The zero-order valence-electron chi connectivity index (χ0n) is 16.7. The maximum Gasteiger partial charge on any atom is 0.257 e. The molecule has 2 aromatic heterocycles. The Labute approximate surface area is 174 Å². The molecule has 3 heterocycles. The van der Waals surface area contributed by atoms with Gasteiger partial charge in [-0.2, -0.15) is 4.98 Å². The molecule has 1 aliphatic heterocycles. The molecular weight excluding hydrogens is 392 g/mol. The predicted molar refractivity (Wildman–Crippen MR) is 111 cm³/mol. The number of benzene rings is 1. The molecular formula is C20H23ClN6O2. The van der Waals surface area contributed by atoms with Crippen molar-refractivity contribution in [2.45, 2.75) is 20.3 Å². The summed E-state index contributed by atoms with van der Waals surface area (Å²) >= 11 is 6.17. The number of aromatic nitrogens is 4. The molecule has 1 saturated heterocycles. The van der Waals surface area contributed by atoms with Gasteiger partial charge in [-0.25, -0.2) is 0 Å². The van der Waals surface area contributed by atoms with E-state index >= 15 is 0 Å². The summed E-state index contributed by atoms with van der Waals surface area (Å²) in [4.78, 5) is 21.4. The van der Waals surface area contributed by atoms with E-state index in [4.69, 9.17) is 16.3 Å². The molecule has 0 spiro atoms. The highest BCUT2D eigenvalue weighted by atomic mass is 35.5. The Hall–Kier alpha value is -2.87. The van der Waals surface area contributed by atoms with E-state index < -0.39 is 0 Å². The number of carbonyl (C=O) groups is 1. The lowest BCUT2D eigenvalue weighted by Crippen LogP contribution is -2.49. The van der Waals surface area contributed by atoms with Gasteiger partial charge >= 0.3 is 0 Å². The Morgan fingerprint density at radius 2 is 1.90 bits per heavy atom. The SMILES string of the molecule is COc1ccc(CC(=O)N2CCN(c3cc(C)n4c(C)nnc4n3)CC2)cc1Cl. The predicted octanol–water partition coefficient (Wildman–Crippen LogP) is 2.29. The highest BCUT2D eigenvalue weighted by Crippen LogP contribution is 2.25. The molecule has 0 N–H and O–H groups in total. The van der Waals surface area contributed by atoms with Crippen molar-refractivity contribution in [1.29, 1.82) is 0 Å². The molecule has 4 rings (SSSR count). The van der Waals surface area contributed by atoms with Crippen LogP contribution in [0, 0.1) is 13.8 Å². The van der Waals surface area contributed by atoms with Crippen LogP contribution < -0.4 is 9.64 Å². The molecule has 0 saturated carbocycles. The number of nitrogens with zero attached hydrogens (tertiary/aromatic N) is 6. The van der Waals surface area contributed by atoms with Gasteiger partial charge in [0.1, 0.15) is 17.4 Å². The standard InChI is InChI=1S/C20H23ClN6O2/c1-13-10-18(22-20-24-23-14(2)27(13)20)25-6-8-26(9-7-25)19(28)12-15-4-5-17(29-3)16(21)11-15/h4-5,10-11H,6-9,12H2,1-3H3. The van der Waals surface area contributed by atoms with Crippen LogP contribution in [0.15, 0.2) is 24.3 Å². The number of piperazine rings is 1. The van der Waals surface area contributed by atoms with Gasteiger partial charge in [-0.1, -0.05) is 17.7 Å². The second-order valence-corrected chi connectivity index (χ2v) is 7.56. The van der Waals surface area contributed by atoms with Gasteiger partial charge in [-0.05, 0) is 31.5 Å². The monoisotopic (exact) mass is 414 g/mol. The zero-order chi connectivity index (χ0) is 20.5. The summed E-state index contributed by atoms with van der Waals surface area (Å²) in [6, 6.07) is 7.50. The van der Waals surface area contributed by atoms with Crippen molar-refractivity contribution < 1.29 is 9.53 Å². The molecule has 9 heteroatoms. The number of hydrogen-bond donors (Lipinski definition) is 0. The van der Waals surface area contributed by atoms with E-state index in [1.54, 1.807) is 19.2 Å². The van der Waals surface area contributed by atoms with E-state index in [2.05, 4.69) is 20.1 Å². The number of anilines is 1. The van der Waals surface area contributed by atoms with Crippen molar-refractivity contribution in [2.24, 2.45) is 0 Å². The fourth-order valence-electron chi connectivity index (χ4n) is 3.68. The molecule has 0 radical (unpaired) electrons. The van der Waals surface area contributed by atoms with Gasteiger partial charge in [0.25, 0.3) is 5.78 Å². The largest absolute Gasteiger partial charge is 0.495 e. The number of aryl methyl sites for hydroxylation is 2. The van der Waals surface area contributed by atoms with Crippen molar-refractivity contribution in [3.63, 3.8) is 0 Å². The highest BCUT2D eigenvalue weighted by Gasteiger charge is 2.23. The molecule has 1 amide bonds. The van der Waals surface area contributed by atoms with Crippen LogP contribution in [-0.4, -0.2) is 63.7 Å². The topological polar surface area (TPSA) is 75.9 Å². The Morgan fingerprint density at radius 1 is 1.14 bits per heavy atom. The molecule has 1 aliphatic rings. The van der Waals surface area contributed by atoms with E-state index in [9.17, 15) is 4.79 Å². The molecule has 29 heavy (non-hydrogen) atoms. The van der Waals surface area contributed by atoms with Crippen LogP contribution in [0.3, 0.4) is 0 Å². The lowest BCUT2D eigenvalue weighted by Gasteiger charge is -2.35.